The van der Waals surface area contributed by atoms with Crippen LogP contribution in [0.4, 0.5) is 9.52 Å². The van der Waals surface area contributed by atoms with E-state index < -0.39 is 15.9 Å². The molecule has 0 aliphatic heterocycles. The lowest BCUT2D eigenvalue weighted by atomic mass is 10.1. The van der Waals surface area contributed by atoms with Gasteiger partial charge in [-0.15, -0.1) is 11.3 Å². The number of nitrogens with one attached hydrogen (secondary N) is 1. The molecule has 0 aliphatic rings. The van der Waals surface area contributed by atoms with Crippen molar-refractivity contribution in [1.29, 1.82) is 0 Å². The Morgan fingerprint density at radius 1 is 1.13 bits per heavy atom. The number of nitrogens with zero attached hydrogens (tertiary/aromatic N) is 2. The van der Waals surface area contributed by atoms with E-state index in [1.165, 1.54) is 33.8 Å². The summed E-state index contributed by atoms with van der Waals surface area (Å²) >= 11 is 1.27. The van der Waals surface area contributed by atoms with Gasteiger partial charge in [0.2, 0.25) is 10.0 Å². The van der Waals surface area contributed by atoms with E-state index in [-0.39, 0.29) is 16.3 Å². The van der Waals surface area contributed by atoms with Crippen LogP contribution in [-0.4, -0.2) is 36.7 Å². The summed E-state index contributed by atoms with van der Waals surface area (Å²) in [7, 11) is -3.67. The summed E-state index contributed by atoms with van der Waals surface area (Å²) in [6, 6.07) is 12.5. The molecule has 0 aliphatic carbocycles. The number of hydrogen-bond acceptors (Lipinski definition) is 5. The highest BCUT2D eigenvalue weighted by atomic mass is 32.2. The topological polar surface area (TPSA) is 79.4 Å². The molecule has 6 nitrogen and oxygen atoms in total. The molecule has 1 aromatic heterocycles. The number of carbonyl (C=O) groups is 1. The van der Waals surface area contributed by atoms with Crippen molar-refractivity contribution < 1.29 is 17.6 Å². The molecule has 0 spiro atoms. The van der Waals surface area contributed by atoms with Gasteiger partial charge in [-0.2, -0.15) is 4.31 Å². The van der Waals surface area contributed by atoms with Crippen LogP contribution in [0.2, 0.25) is 0 Å². The molecule has 1 amide bonds. The average molecular weight is 462 g/mol. The van der Waals surface area contributed by atoms with Crippen LogP contribution >= 0.6 is 11.3 Å². The van der Waals surface area contributed by atoms with E-state index in [1.807, 2.05) is 0 Å². The zero-order chi connectivity index (χ0) is 22.6. The lowest BCUT2D eigenvalue weighted by Crippen LogP contribution is -2.30. The normalized spacial score (nSPS) is 11.6. The van der Waals surface area contributed by atoms with Gasteiger partial charge < -0.3 is 0 Å². The Morgan fingerprint density at radius 3 is 2.52 bits per heavy atom. The second-order valence-corrected chi connectivity index (χ2v) is 9.89. The predicted molar refractivity (Wildman–Crippen MR) is 121 cm³/mol. The van der Waals surface area contributed by atoms with E-state index in [0.29, 0.717) is 35.9 Å². The Hall–Kier alpha value is -2.62. The van der Waals surface area contributed by atoms with Gasteiger partial charge in [-0.05, 0) is 36.8 Å². The molecule has 2 aromatic carbocycles. The first-order chi connectivity index (χ1) is 14.8. The highest BCUT2D eigenvalue weighted by Crippen LogP contribution is 2.27. The number of benzene rings is 2. The number of anilines is 1. The third kappa shape index (κ3) is 5.17. The number of carbonyl (C=O) groups excluding carboxylic acids is 1. The minimum Gasteiger partial charge on any atom is -0.298 e. The number of hydrogen-bond donors (Lipinski definition) is 1. The van der Waals surface area contributed by atoms with Crippen LogP contribution in [0.1, 0.15) is 40.3 Å². The van der Waals surface area contributed by atoms with Crippen molar-refractivity contribution in [3.63, 3.8) is 0 Å². The zero-order valence-electron chi connectivity index (χ0n) is 17.6. The van der Waals surface area contributed by atoms with E-state index in [1.54, 1.807) is 51.1 Å². The van der Waals surface area contributed by atoms with E-state index in [9.17, 15) is 17.6 Å². The molecule has 0 saturated carbocycles. The molecule has 3 rings (SSSR count). The monoisotopic (exact) mass is 461 g/mol. The van der Waals surface area contributed by atoms with Crippen molar-refractivity contribution in [1.82, 2.24) is 9.29 Å². The van der Waals surface area contributed by atoms with Gasteiger partial charge in [0.05, 0.1) is 10.6 Å². The Bertz CT molecular complexity index is 1190. The molecular weight excluding hydrogens is 437 g/mol. The molecule has 0 unspecified atom stereocenters. The van der Waals surface area contributed by atoms with E-state index in [0.717, 1.165) is 4.88 Å². The van der Waals surface area contributed by atoms with Gasteiger partial charge in [-0.1, -0.05) is 38.1 Å². The van der Waals surface area contributed by atoms with Crippen LogP contribution in [-0.2, 0) is 16.4 Å². The first-order valence-corrected chi connectivity index (χ1v) is 12.1. The van der Waals surface area contributed by atoms with Crippen LogP contribution in [0.5, 0.6) is 0 Å². The zero-order valence-corrected chi connectivity index (χ0v) is 19.2. The van der Waals surface area contributed by atoms with Gasteiger partial charge in [0.25, 0.3) is 5.91 Å². The number of halogens is 1. The molecular formula is C22H24FN3O3S2. The fraction of sp³-hybridized carbons (Fsp3) is 0.273. The molecule has 1 N–H and O–H groups in total. The number of aromatic nitrogens is 1. The lowest BCUT2D eigenvalue weighted by Gasteiger charge is -2.18. The van der Waals surface area contributed by atoms with Gasteiger partial charge in [-0.25, -0.2) is 17.8 Å². The Balaban J connectivity index is 1.79. The number of thiazole rings is 1. The second-order valence-electron chi connectivity index (χ2n) is 6.87. The van der Waals surface area contributed by atoms with E-state index >= 15 is 0 Å². The summed E-state index contributed by atoms with van der Waals surface area (Å²) in [6.07, 6.45) is 0.379. The van der Waals surface area contributed by atoms with Crippen LogP contribution in [0, 0.1) is 12.7 Å². The maximum Gasteiger partial charge on any atom is 0.257 e. The van der Waals surface area contributed by atoms with Gasteiger partial charge >= 0.3 is 0 Å². The van der Waals surface area contributed by atoms with Crippen molar-refractivity contribution in [2.24, 2.45) is 0 Å². The molecule has 0 saturated heterocycles. The second kappa shape index (κ2) is 9.67. The van der Waals surface area contributed by atoms with E-state index in [2.05, 4.69) is 10.3 Å². The Morgan fingerprint density at radius 2 is 1.84 bits per heavy atom. The van der Waals surface area contributed by atoms with Gasteiger partial charge in [0.1, 0.15) is 5.82 Å². The molecule has 0 bridgehead atoms. The molecule has 164 valence electrons. The summed E-state index contributed by atoms with van der Waals surface area (Å²) in [4.78, 5) is 18.0. The predicted octanol–water partition coefficient (Wildman–Crippen LogP) is 4.46. The summed E-state index contributed by atoms with van der Waals surface area (Å²) in [6.45, 7) is 6.03. The lowest BCUT2D eigenvalue weighted by molar-refractivity contribution is 0.102. The average Bonchev–Trinajstić information content (AvgIpc) is 3.09. The number of sulfonamides is 1. The molecule has 9 heteroatoms. The first kappa shape index (κ1) is 23.1. The molecule has 0 radical (unpaired) electrons. The highest BCUT2D eigenvalue weighted by Gasteiger charge is 2.23. The smallest absolute Gasteiger partial charge is 0.257 e. The van der Waals surface area contributed by atoms with Crippen LogP contribution in [0.15, 0.2) is 53.4 Å². The first-order valence-electron chi connectivity index (χ1n) is 9.87. The quantitative estimate of drug-likeness (QED) is 0.537. The molecule has 0 atom stereocenters. The maximum atomic E-state index is 13.9. The third-order valence-corrected chi connectivity index (χ3v) is 7.98. The highest BCUT2D eigenvalue weighted by molar-refractivity contribution is 7.89. The fourth-order valence-electron chi connectivity index (χ4n) is 3.14. The molecule has 3 aromatic rings. The Labute approximate surface area is 185 Å². The SMILES string of the molecule is CCN(CC)S(=O)(=O)c1cccc(C(=O)Nc2nc(C)c(Cc3ccccc3F)s2)c1. The minimum atomic E-state index is -3.67. The molecule has 31 heavy (non-hydrogen) atoms. The number of rotatable bonds is 8. The Kier molecular flexibility index (Phi) is 7.19. The molecule has 0 fully saturated rings. The van der Waals surface area contributed by atoms with Crippen molar-refractivity contribution >= 4 is 32.4 Å². The van der Waals surface area contributed by atoms with Crippen molar-refractivity contribution in [2.45, 2.75) is 32.1 Å². The number of aryl methyl sites for hydroxylation is 1. The third-order valence-electron chi connectivity index (χ3n) is 4.86. The van der Waals surface area contributed by atoms with Crippen LogP contribution < -0.4 is 5.32 Å². The maximum absolute atomic E-state index is 13.9. The van der Waals surface area contributed by atoms with E-state index in [4.69, 9.17) is 0 Å². The van der Waals surface area contributed by atoms with Crippen LogP contribution in [0.25, 0.3) is 0 Å². The van der Waals surface area contributed by atoms with Gasteiger partial charge in [0, 0.05) is 30.0 Å². The van der Waals surface area contributed by atoms with Crippen LogP contribution in [0.3, 0.4) is 0 Å². The number of amides is 1. The summed E-state index contributed by atoms with van der Waals surface area (Å²) < 4.78 is 40.7. The molecule has 1 heterocycles. The van der Waals surface area contributed by atoms with Crippen molar-refractivity contribution in [3.8, 4) is 0 Å². The summed E-state index contributed by atoms with van der Waals surface area (Å²) in [5, 5.41) is 3.10. The van der Waals surface area contributed by atoms with Gasteiger partial charge in [0.15, 0.2) is 5.13 Å². The van der Waals surface area contributed by atoms with Crippen molar-refractivity contribution in [3.05, 3.63) is 76.0 Å². The minimum absolute atomic E-state index is 0.0689. The summed E-state index contributed by atoms with van der Waals surface area (Å²) in [5.41, 5.74) is 1.49. The summed E-state index contributed by atoms with van der Waals surface area (Å²) in [5.74, 6) is -0.741. The fourth-order valence-corrected chi connectivity index (χ4v) is 5.63. The largest absolute Gasteiger partial charge is 0.298 e. The van der Waals surface area contributed by atoms with Crippen molar-refractivity contribution in [2.75, 3.05) is 18.4 Å². The van der Waals surface area contributed by atoms with Gasteiger partial charge in [-0.3, -0.25) is 10.1 Å². The standard InChI is InChI=1S/C22H24FN3O3S2/c1-4-26(5-2)31(28,29)18-11-8-10-17(13-18)21(27)25-22-24-15(3)20(30-22)14-16-9-6-7-12-19(16)23/h6-13H,4-5,14H2,1-3H3,(H,24,25,27).